The van der Waals surface area contributed by atoms with E-state index in [1.54, 1.807) is 4.90 Å². The summed E-state index contributed by atoms with van der Waals surface area (Å²) in [5.74, 6) is -1.92. The molecule has 25 heavy (non-hydrogen) atoms. The van der Waals surface area contributed by atoms with Crippen LogP contribution >= 0.6 is 0 Å². The first-order chi connectivity index (χ1) is 12.0. The molecule has 1 aromatic carbocycles. The van der Waals surface area contributed by atoms with Crippen LogP contribution in [0.5, 0.6) is 0 Å². The Kier molecular flexibility index (Phi) is 5.03. The summed E-state index contributed by atoms with van der Waals surface area (Å²) in [5, 5.41) is 9.29. The Labute approximate surface area is 146 Å². The number of morpholine rings is 1. The second-order valence-electron chi connectivity index (χ2n) is 6.49. The Bertz CT molecular complexity index is 663. The average Bonchev–Trinajstić information content (AvgIpc) is 3.03. The Morgan fingerprint density at radius 2 is 2.00 bits per heavy atom. The number of rotatable bonds is 4. The third-order valence-electron chi connectivity index (χ3n) is 4.95. The molecule has 2 aliphatic rings. The molecule has 0 bridgehead atoms. The molecule has 0 radical (unpaired) electrons. The number of hydrogen-bond donors (Lipinski definition) is 1. The molecular weight excluding hydrogens is 324 g/mol. The van der Waals surface area contributed by atoms with Crippen LogP contribution in [0.2, 0.25) is 0 Å². The van der Waals surface area contributed by atoms with Gasteiger partial charge in [-0.05, 0) is 12.5 Å². The number of benzene rings is 1. The Morgan fingerprint density at radius 3 is 2.68 bits per heavy atom. The van der Waals surface area contributed by atoms with Crippen molar-refractivity contribution in [2.24, 2.45) is 5.92 Å². The highest BCUT2D eigenvalue weighted by Crippen LogP contribution is 2.30. The van der Waals surface area contributed by atoms with Gasteiger partial charge in [0.2, 0.25) is 11.8 Å². The van der Waals surface area contributed by atoms with Gasteiger partial charge in [0.1, 0.15) is 0 Å². The van der Waals surface area contributed by atoms with E-state index in [0.29, 0.717) is 13.2 Å². The molecule has 0 aliphatic carbocycles. The van der Waals surface area contributed by atoms with E-state index in [-0.39, 0.29) is 37.4 Å². The van der Waals surface area contributed by atoms with Crippen molar-refractivity contribution in [1.29, 1.82) is 0 Å². The summed E-state index contributed by atoms with van der Waals surface area (Å²) < 4.78 is 5.17. The smallest absolute Gasteiger partial charge is 0.328 e. The van der Waals surface area contributed by atoms with E-state index in [9.17, 15) is 19.5 Å². The van der Waals surface area contributed by atoms with Crippen LogP contribution in [-0.4, -0.2) is 65.0 Å². The predicted molar refractivity (Wildman–Crippen MR) is 88.6 cm³/mol. The van der Waals surface area contributed by atoms with E-state index in [1.165, 1.54) is 4.90 Å². The number of carbonyl (C=O) groups excluding carboxylic acids is 2. The normalized spacial score (nSPS) is 25.1. The van der Waals surface area contributed by atoms with Gasteiger partial charge in [-0.25, -0.2) is 4.79 Å². The molecule has 0 spiro atoms. The van der Waals surface area contributed by atoms with Gasteiger partial charge >= 0.3 is 5.97 Å². The maximum Gasteiger partial charge on any atom is 0.328 e. The van der Waals surface area contributed by atoms with Crippen LogP contribution in [0.15, 0.2) is 30.3 Å². The minimum absolute atomic E-state index is 0.00806. The largest absolute Gasteiger partial charge is 0.480 e. The third kappa shape index (κ3) is 3.51. The van der Waals surface area contributed by atoms with Crippen molar-refractivity contribution in [2.45, 2.75) is 25.4 Å². The standard InChI is InChI=1S/C18H22N2O5/c1-12(13-5-3-2-4-6-13)20-10-14(9-16(20)21)17(22)19-7-8-25-11-15(19)18(23)24/h2-6,12,14-15H,7-11H2,1H3,(H,23,24)/t12-,14+,15-/m1/s1. The molecule has 2 aliphatic heterocycles. The van der Waals surface area contributed by atoms with Gasteiger partial charge in [-0.3, -0.25) is 9.59 Å². The zero-order chi connectivity index (χ0) is 18.0. The van der Waals surface area contributed by atoms with Crippen LogP contribution in [0, 0.1) is 5.92 Å². The highest BCUT2D eigenvalue weighted by Gasteiger charge is 2.42. The predicted octanol–water partition coefficient (Wildman–Crippen LogP) is 0.908. The van der Waals surface area contributed by atoms with Crippen LogP contribution in [0.25, 0.3) is 0 Å². The molecule has 1 N–H and O–H groups in total. The first-order valence-electron chi connectivity index (χ1n) is 8.44. The van der Waals surface area contributed by atoms with Crippen LogP contribution in [-0.2, 0) is 19.1 Å². The summed E-state index contributed by atoms with van der Waals surface area (Å²) in [4.78, 5) is 39.6. The number of carboxylic acids is 1. The summed E-state index contributed by atoms with van der Waals surface area (Å²) >= 11 is 0. The molecule has 1 aromatic rings. The molecule has 2 heterocycles. The van der Waals surface area contributed by atoms with Crippen molar-refractivity contribution in [3.8, 4) is 0 Å². The van der Waals surface area contributed by atoms with Crippen LogP contribution in [0.1, 0.15) is 24.9 Å². The SMILES string of the molecule is C[C@H](c1ccccc1)N1C[C@@H](C(=O)N2CCOC[C@@H]2C(=O)O)CC1=O. The highest BCUT2D eigenvalue weighted by molar-refractivity contribution is 5.91. The summed E-state index contributed by atoms with van der Waals surface area (Å²) in [6.45, 7) is 2.81. The van der Waals surface area contributed by atoms with Gasteiger partial charge in [-0.1, -0.05) is 30.3 Å². The lowest BCUT2D eigenvalue weighted by atomic mass is 10.0. The summed E-state index contributed by atoms with van der Waals surface area (Å²) in [6.07, 6.45) is 0.125. The number of amides is 2. The van der Waals surface area contributed by atoms with Gasteiger partial charge in [0.25, 0.3) is 0 Å². The van der Waals surface area contributed by atoms with E-state index in [4.69, 9.17) is 4.74 Å². The minimum Gasteiger partial charge on any atom is -0.480 e. The summed E-state index contributed by atoms with van der Waals surface area (Å²) in [7, 11) is 0. The molecule has 0 unspecified atom stereocenters. The Balaban J connectivity index is 1.71. The number of hydrogen-bond acceptors (Lipinski definition) is 4. The molecule has 7 heteroatoms. The molecule has 2 fully saturated rings. The molecule has 3 rings (SSSR count). The van der Waals surface area contributed by atoms with E-state index in [1.807, 2.05) is 37.3 Å². The van der Waals surface area contributed by atoms with Crippen molar-refractivity contribution in [3.63, 3.8) is 0 Å². The molecule has 2 amide bonds. The van der Waals surface area contributed by atoms with E-state index in [2.05, 4.69) is 0 Å². The first-order valence-corrected chi connectivity index (χ1v) is 8.44. The van der Waals surface area contributed by atoms with Crippen LogP contribution in [0.4, 0.5) is 0 Å². The maximum absolute atomic E-state index is 12.8. The van der Waals surface area contributed by atoms with Crippen LogP contribution < -0.4 is 0 Å². The van der Waals surface area contributed by atoms with Crippen molar-refractivity contribution >= 4 is 17.8 Å². The van der Waals surface area contributed by atoms with E-state index in [0.717, 1.165) is 5.56 Å². The van der Waals surface area contributed by atoms with Gasteiger partial charge in [0, 0.05) is 19.5 Å². The van der Waals surface area contributed by atoms with E-state index < -0.39 is 17.9 Å². The number of likely N-dealkylation sites (tertiary alicyclic amines) is 1. The Morgan fingerprint density at radius 1 is 1.28 bits per heavy atom. The van der Waals surface area contributed by atoms with E-state index >= 15 is 0 Å². The van der Waals surface area contributed by atoms with Gasteiger partial charge < -0.3 is 19.6 Å². The fourth-order valence-corrected chi connectivity index (χ4v) is 3.49. The second kappa shape index (κ2) is 7.23. The zero-order valence-corrected chi connectivity index (χ0v) is 14.1. The lowest BCUT2D eigenvalue weighted by Gasteiger charge is -2.34. The molecular formula is C18H22N2O5. The monoisotopic (exact) mass is 346 g/mol. The Hall–Kier alpha value is -2.41. The number of carbonyl (C=O) groups is 3. The quantitative estimate of drug-likeness (QED) is 0.876. The summed E-state index contributed by atoms with van der Waals surface area (Å²) in [5.41, 5.74) is 1.01. The number of nitrogens with zero attached hydrogens (tertiary/aromatic N) is 2. The van der Waals surface area contributed by atoms with Crippen molar-refractivity contribution in [3.05, 3.63) is 35.9 Å². The van der Waals surface area contributed by atoms with Gasteiger partial charge in [0.05, 0.1) is 25.2 Å². The molecule has 0 saturated carbocycles. The molecule has 134 valence electrons. The van der Waals surface area contributed by atoms with Gasteiger partial charge in [-0.15, -0.1) is 0 Å². The number of aliphatic carboxylic acids is 1. The molecule has 7 nitrogen and oxygen atoms in total. The molecule has 0 aromatic heterocycles. The number of carboxylic acid groups (broad SMARTS) is 1. The average molecular weight is 346 g/mol. The van der Waals surface area contributed by atoms with Crippen LogP contribution in [0.3, 0.4) is 0 Å². The first kappa shape index (κ1) is 17.4. The zero-order valence-electron chi connectivity index (χ0n) is 14.1. The van der Waals surface area contributed by atoms with Gasteiger partial charge in [0.15, 0.2) is 6.04 Å². The lowest BCUT2D eigenvalue weighted by Crippen LogP contribution is -2.54. The highest BCUT2D eigenvalue weighted by atomic mass is 16.5. The fraction of sp³-hybridized carbons (Fsp3) is 0.500. The van der Waals surface area contributed by atoms with Crippen molar-refractivity contribution in [2.75, 3.05) is 26.3 Å². The minimum atomic E-state index is -1.08. The fourth-order valence-electron chi connectivity index (χ4n) is 3.49. The third-order valence-corrected chi connectivity index (χ3v) is 4.95. The summed E-state index contributed by atoms with van der Waals surface area (Å²) in [6, 6.07) is 8.56. The lowest BCUT2D eigenvalue weighted by molar-refractivity contribution is -0.160. The molecule has 2 saturated heterocycles. The van der Waals surface area contributed by atoms with Crippen molar-refractivity contribution in [1.82, 2.24) is 9.80 Å². The second-order valence-corrected chi connectivity index (χ2v) is 6.49. The maximum atomic E-state index is 12.8. The topological polar surface area (TPSA) is 87.2 Å². The van der Waals surface area contributed by atoms with Crippen molar-refractivity contribution < 1.29 is 24.2 Å². The van der Waals surface area contributed by atoms with Gasteiger partial charge in [-0.2, -0.15) is 0 Å². The molecule has 3 atom stereocenters. The number of ether oxygens (including phenoxy) is 1.